The highest BCUT2D eigenvalue weighted by Crippen LogP contribution is 2.29. The summed E-state index contributed by atoms with van der Waals surface area (Å²) in [5, 5.41) is 17.0. The lowest BCUT2D eigenvalue weighted by molar-refractivity contribution is 0.0917. The Morgan fingerprint density at radius 3 is 2.36 bits per heavy atom. The molecule has 1 unspecified atom stereocenters. The molecule has 2 aromatic heterocycles. The first-order valence-corrected chi connectivity index (χ1v) is 11.1. The minimum Gasteiger partial charge on any atom is -0.394 e. The summed E-state index contributed by atoms with van der Waals surface area (Å²) in [6.07, 6.45) is 1.85. The minimum absolute atomic E-state index is 0.184. The smallest absolute Gasteiger partial charge is 0.254 e. The number of carbonyl (C=O) groups is 1. The number of nitrogens with zero attached hydrogens (tertiary/aromatic N) is 2. The molecule has 6 nitrogen and oxygen atoms in total. The molecule has 0 saturated carbocycles. The Bertz CT molecular complexity index is 1260. The number of hydrogen-bond donors (Lipinski definition) is 3. The Labute approximate surface area is 194 Å². The lowest BCUT2D eigenvalue weighted by Crippen LogP contribution is -2.30. The van der Waals surface area contributed by atoms with Crippen LogP contribution < -0.4 is 10.6 Å². The molecule has 0 aliphatic heterocycles. The number of carbonyl (C=O) groups excluding carboxylic acids is 1. The van der Waals surface area contributed by atoms with Crippen LogP contribution in [0.5, 0.6) is 0 Å². The van der Waals surface area contributed by atoms with Crippen molar-refractivity contribution in [2.75, 3.05) is 11.9 Å². The van der Waals surface area contributed by atoms with Gasteiger partial charge in [0.1, 0.15) is 11.5 Å². The first-order valence-electron chi connectivity index (χ1n) is 11.1. The molecule has 0 fully saturated rings. The number of hydrogen-bond acceptors (Lipinski definition) is 4. The van der Waals surface area contributed by atoms with E-state index in [2.05, 4.69) is 38.3 Å². The minimum atomic E-state index is -0.484. The average molecular weight is 443 g/mol. The normalized spacial score (nSPS) is 12.5. The van der Waals surface area contributed by atoms with Crippen LogP contribution in [0, 0.1) is 6.92 Å². The molecule has 0 radical (unpaired) electrons. The van der Waals surface area contributed by atoms with E-state index in [4.69, 9.17) is 4.98 Å². The molecule has 0 spiro atoms. The maximum absolute atomic E-state index is 13.3. The van der Waals surface area contributed by atoms with E-state index in [-0.39, 0.29) is 18.1 Å². The van der Waals surface area contributed by atoms with E-state index in [1.54, 1.807) is 0 Å². The maximum Gasteiger partial charge on any atom is 0.254 e. The molecule has 0 aliphatic rings. The van der Waals surface area contributed by atoms with Gasteiger partial charge in [0.15, 0.2) is 0 Å². The van der Waals surface area contributed by atoms with E-state index in [1.165, 1.54) is 5.56 Å². The number of nitrogens with one attached hydrogen (secondary N) is 2. The van der Waals surface area contributed by atoms with Crippen LogP contribution in [0.15, 0.2) is 72.9 Å². The molecule has 1 amide bonds. The monoisotopic (exact) mass is 442 g/mol. The molecule has 0 aliphatic carbocycles. The maximum atomic E-state index is 13.3. The zero-order chi connectivity index (χ0) is 23.6. The zero-order valence-electron chi connectivity index (χ0n) is 19.5. The summed E-state index contributed by atoms with van der Waals surface area (Å²) in [6.45, 7) is 8.11. The van der Waals surface area contributed by atoms with Crippen molar-refractivity contribution >= 4 is 28.4 Å². The largest absolute Gasteiger partial charge is 0.394 e. The summed E-state index contributed by atoms with van der Waals surface area (Å²) in [6, 6.07) is 20.9. The second kappa shape index (κ2) is 9.08. The number of aliphatic hydroxyl groups is 1. The second-order valence-corrected chi connectivity index (χ2v) is 9.26. The SMILES string of the molecule is Cc1ccc(Nc2ccc3c(C(=O)NC(CO)c4ccccc4)cn(C(C)(C)C)c3n2)cc1. The van der Waals surface area contributed by atoms with Crippen LogP contribution >= 0.6 is 0 Å². The predicted octanol–water partition coefficient (Wildman–Crippen LogP) is 5.31. The third-order valence-electron chi connectivity index (χ3n) is 5.63. The first-order chi connectivity index (χ1) is 15.8. The van der Waals surface area contributed by atoms with E-state index < -0.39 is 6.04 Å². The fourth-order valence-corrected chi connectivity index (χ4v) is 3.80. The van der Waals surface area contributed by atoms with Gasteiger partial charge in [-0.15, -0.1) is 0 Å². The number of amides is 1. The van der Waals surface area contributed by atoms with Gasteiger partial charge in [0.2, 0.25) is 0 Å². The Morgan fingerprint density at radius 2 is 1.73 bits per heavy atom. The quantitative estimate of drug-likeness (QED) is 0.378. The van der Waals surface area contributed by atoms with Crippen molar-refractivity contribution in [2.45, 2.75) is 39.3 Å². The number of aromatic nitrogens is 2. The number of aliphatic hydroxyl groups excluding tert-OH is 1. The van der Waals surface area contributed by atoms with Gasteiger partial charge in [-0.2, -0.15) is 0 Å². The van der Waals surface area contributed by atoms with Crippen molar-refractivity contribution < 1.29 is 9.90 Å². The van der Waals surface area contributed by atoms with Crippen molar-refractivity contribution in [2.24, 2.45) is 0 Å². The van der Waals surface area contributed by atoms with Crippen LogP contribution in [-0.2, 0) is 5.54 Å². The Kier molecular flexibility index (Phi) is 6.20. The van der Waals surface area contributed by atoms with Gasteiger partial charge in [0, 0.05) is 22.8 Å². The van der Waals surface area contributed by atoms with Gasteiger partial charge in [-0.25, -0.2) is 4.98 Å². The predicted molar refractivity (Wildman–Crippen MR) is 133 cm³/mol. The lowest BCUT2D eigenvalue weighted by atomic mass is 10.1. The molecule has 6 heteroatoms. The third kappa shape index (κ3) is 4.91. The van der Waals surface area contributed by atoms with Crippen LogP contribution in [0.3, 0.4) is 0 Å². The topological polar surface area (TPSA) is 79.2 Å². The molecule has 33 heavy (non-hydrogen) atoms. The summed E-state index contributed by atoms with van der Waals surface area (Å²) < 4.78 is 2.02. The van der Waals surface area contributed by atoms with Gasteiger partial charge in [0.25, 0.3) is 5.91 Å². The van der Waals surface area contributed by atoms with Crippen molar-refractivity contribution in [1.29, 1.82) is 0 Å². The molecule has 1 atom stereocenters. The van der Waals surface area contributed by atoms with Gasteiger partial charge >= 0.3 is 0 Å². The van der Waals surface area contributed by atoms with E-state index in [1.807, 2.05) is 77.5 Å². The highest BCUT2D eigenvalue weighted by atomic mass is 16.3. The molecule has 3 N–H and O–H groups in total. The van der Waals surface area contributed by atoms with Gasteiger partial charge in [-0.3, -0.25) is 4.79 Å². The molecule has 0 saturated heterocycles. The average Bonchev–Trinajstić information content (AvgIpc) is 3.19. The molecular weight excluding hydrogens is 412 g/mol. The third-order valence-corrected chi connectivity index (χ3v) is 5.63. The van der Waals surface area contributed by atoms with E-state index in [0.717, 1.165) is 22.3 Å². The number of aryl methyl sites for hydroxylation is 1. The number of rotatable bonds is 6. The fourth-order valence-electron chi connectivity index (χ4n) is 3.80. The van der Waals surface area contributed by atoms with Crippen molar-refractivity contribution in [3.05, 3.63) is 89.6 Å². The lowest BCUT2D eigenvalue weighted by Gasteiger charge is -2.22. The molecule has 170 valence electrons. The van der Waals surface area contributed by atoms with Gasteiger partial charge in [-0.05, 0) is 57.5 Å². The van der Waals surface area contributed by atoms with Crippen LogP contribution in [-0.4, -0.2) is 27.2 Å². The van der Waals surface area contributed by atoms with Crippen LogP contribution in [0.4, 0.5) is 11.5 Å². The number of benzene rings is 2. The van der Waals surface area contributed by atoms with E-state index in [9.17, 15) is 9.90 Å². The number of pyridine rings is 1. The molecule has 4 rings (SSSR count). The summed E-state index contributed by atoms with van der Waals surface area (Å²) in [5.41, 5.74) is 3.98. The standard InChI is InChI=1S/C27H30N4O2/c1-18-10-12-20(13-11-18)28-24-15-14-21-22(16-31(25(21)30-24)27(2,3)4)26(33)29-23(17-32)19-8-6-5-7-9-19/h5-16,23,32H,17H2,1-4H3,(H,28,30)(H,29,33). The molecule has 2 heterocycles. The van der Waals surface area contributed by atoms with Crippen LogP contribution in [0.1, 0.15) is 48.3 Å². The molecule has 4 aromatic rings. The number of anilines is 2. The summed E-state index contributed by atoms with van der Waals surface area (Å²) >= 11 is 0. The van der Waals surface area contributed by atoms with Crippen LogP contribution in [0.25, 0.3) is 11.0 Å². The van der Waals surface area contributed by atoms with Crippen molar-refractivity contribution in [1.82, 2.24) is 14.9 Å². The van der Waals surface area contributed by atoms with E-state index in [0.29, 0.717) is 11.4 Å². The van der Waals surface area contributed by atoms with Gasteiger partial charge in [-0.1, -0.05) is 48.0 Å². The highest BCUT2D eigenvalue weighted by molar-refractivity contribution is 6.06. The van der Waals surface area contributed by atoms with Crippen molar-refractivity contribution in [3.63, 3.8) is 0 Å². The van der Waals surface area contributed by atoms with E-state index >= 15 is 0 Å². The fraction of sp³-hybridized carbons (Fsp3) is 0.259. The second-order valence-electron chi connectivity index (χ2n) is 9.26. The van der Waals surface area contributed by atoms with Gasteiger partial charge in [0.05, 0.1) is 18.2 Å². The number of fused-ring (bicyclic) bond motifs is 1. The molecule has 0 bridgehead atoms. The summed E-state index contributed by atoms with van der Waals surface area (Å²) in [7, 11) is 0. The summed E-state index contributed by atoms with van der Waals surface area (Å²) in [5.74, 6) is 0.464. The van der Waals surface area contributed by atoms with Crippen LogP contribution in [0.2, 0.25) is 0 Å². The van der Waals surface area contributed by atoms with Crippen molar-refractivity contribution in [3.8, 4) is 0 Å². The first kappa shape index (κ1) is 22.6. The summed E-state index contributed by atoms with van der Waals surface area (Å²) in [4.78, 5) is 18.1. The molecule has 2 aromatic carbocycles. The Balaban J connectivity index is 1.69. The van der Waals surface area contributed by atoms with Gasteiger partial charge < -0.3 is 20.3 Å². The highest BCUT2D eigenvalue weighted by Gasteiger charge is 2.24. The Hall–Kier alpha value is -3.64. The molecular formula is C27H30N4O2. The Morgan fingerprint density at radius 1 is 1.03 bits per heavy atom. The zero-order valence-corrected chi connectivity index (χ0v) is 19.5.